The van der Waals surface area contributed by atoms with Crippen LogP contribution in [0.25, 0.3) is 0 Å². The number of anilines is 2. The Bertz CT molecular complexity index is 971. The zero-order chi connectivity index (χ0) is 21.0. The maximum absolute atomic E-state index is 12.8. The lowest BCUT2D eigenvalue weighted by Crippen LogP contribution is -2.40. The van der Waals surface area contributed by atoms with Crippen LogP contribution in [0.3, 0.4) is 0 Å². The van der Waals surface area contributed by atoms with E-state index in [4.69, 9.17) is 4.74 Å². The molecule has 1 fully saturated rings. The molecule has 29 heavy (non-hydrogen) atoms. The lowest BCUT2D eigenvalue weighted by Gasteiger charge is -2.26. The Kier molecular flexibility index (Phi) is 6.36. The summed E-state index contributed by atoms with van der Waals surface area (Å²) < 4.78 is 32.0. The minimum atomic E-state index is -3.80. The van der Waals surface area contributed by atoms with Crippen LogP contribution < -0.4 is 10.2 Å². The van der Waals surface area contributed by atoms with Gasteiger partial charge in [0.1, 0.15) is 5.69 Å². The third kappa shape index (κ3) is 4.84. The molecule has 0 spiro atoms. The maximum atomic E-state index is 12.8. The Balaban J connectivity index is 1.80. The van der Waals surface area contributed by atoms with E-state index in [1.165, 1.54) is 16.4 Å². The number of hydrogen-bond acceptors (Lipinski definition) is 7. The number of nitro benzene ring substituents is 1. The van der Waals surface area contributed by atoms with Crippen molar-refractivity contribution in [2.75, 3.05) is 50.6 Å². The monoisotopic (exact) mass is 420 g/mol. The number of nitrogens with one attached hydrogen (secondary N) is 1. The minimum Gasteiger partial charge on any atom is -0.379 e. The summed E-state index contributed by atoms with van der Waals surface area (Å²) in [4.78, 5) is 12.9. The number of rotatable bonds is 7. The van der Waals surface area contributed by atoms with Crippen LogP contribution in [0.15, 0.2) is 47.4 Å². The van der Waals surface area contributed by atoms with E-state index in [0.717, 1.165) is 17.3 Å². The van der Waals surface area contributed by atoms with Crippen LogP contribution in [0.1, 0.15) is 5.56 Å². The lowest BCUT2D eigenvalue weighted by atomic mass is 10.2. The number of sulfonamides is 1. The average molecular weight is 420 g/mol. The van der Waals surface area contributed by atoms with Crippen molar-refractivity contribution >= 4 is 27.1 Å². The van der Waals surface area contributed by atoms with E-state index in [2.05, 4.69) is 5.32 Å². The van der Waals surface area contributed by atoms with Crippen LogP contribution in [0.5, 0.6) is 0 Å². The van der Waals surface area contributed by atoms with Crippen molar-refractivity contribution in [1.82, 2.24) is 4.31 Å². The predicted octanol–water partition coefficient (Wildman–Crippen LogP) is 2.29. The third-order valence-corrected chi connectivity index (χ3v) is 6.60. The molecule has 1 aliphatic heterocycles. The fraction of sp³-hybridized carbons (Fsp3) is 0.368. The van der Waals surface area contributed by atoms with Crippen molar-refractivity contribution < 1.29 is 18.1 Å². The molecule has 1 saturated heterocycles. The first kappa shape index (κ1) is 21.0. The zero-order valence-electron chi connectivity index (χ0n) is 16.4. The third-order valence-electron chi connectivity index (χ3n) is 4.71. The second kappa shape index (κ2) is 8.76. The van der Waals surface area contributed by atoms with Gasteiger partial charge in [-0.15, -0.1) is 0 Å². The van der Waals surface area contributed by atoms with Gasteiger partial charge in [-0.05, 0) is 29.8 Å². The number of benzene rings is 2. The summed E-state index contributed by atoms with van der Waals surface area (Å²) in [6.07, 6.45) is 0. The predicted molar refractivity (Wildman–Crippen MR) is 111 cm³/mol. The molecule has 1 aliphatic rings. The molecular weight excluding hydrogens is 396 g/mol. The molecule has 1 heterocycles. The summed E-state index contributed by atoms with van der Waals surface area (Å²) in [5.41, 5.74) is 2.00. The standard InChI is InChI=1S/C19H24N4O5S/c1-21(2)16-5-3-15(4-6-16)14-20-18-8-7-17(13-19(18)23(24)25)29(26,27)22-9-11-28-12-10-22/h3-8,13,20H,9-12,14H2,1-2H3. The van der Waals surface area contributed by atoms with Gasteiger partial charge in [-0.25, -0.2) is 8.42 Å². The molecule has 2 aromatic rings. The molecule has 156 valence electrons. The molecule has 0 amide bonds. The summed E-state index contributed by atoms with van der Waals surface area (Å²) in [5, 5.41) is 14.6. The minimum absolute atomic E-state index is 0.0908. The van der Waals surface area contributed by atoms with Gasteiger partial charge in [-0.3, -0.25) is 10.1 Å². The van der Waals surface area contributed by atoms with Crippen molar-refractivity contribution in [2.45, 2.75) is 11.4 Å². The second-order valence-electron chi connectivity index (χ2n) is 6.87. The Hall–Kier alpha value is -2.69. The average Bonchev–Trinajstić information content (AvgIpc) is 2.73. The van der Waals surface area contributed by atoms with E-state index in [-0.39, 0.29) is 29.4 Å². The normalized spacial score (nSPS) is 15.1. The fourth-order valence-electron chi connectivity index (χ4n) is 3.02. The molecular formula is C19H24N4O5S. The molecule has 0 bridgehead atoms. The number of morpholine rings is 1. The number of ether oxygens (including phenoxy) is 1. The highest BCUT2D eigenvalue weighted by Gasteiger charge is 2.28. The van der Waals surface area contributed by atoms with Gasteiger partial charge in [-0.1, -0.05) is 12.1 Å². The number of nitrogens with zero attached hydrogens (tertiary/aromatic N) is 3. The highest BCUT2D eigenvalue weighted by Crippen LogP contribution is 2.29. The Labute approximate surface area is 170 Å². The van der Waals surface area contributed by atoms with Crippen LogP contribution in [0.2, 0.25) is 0 Å². The van der Waals surface area contributed by atoms with E-state index >= 15 is 0 Å². The molecule has 3 rings (SSSR count). The highest BCUT2D eigenvalue weighted by molar-refractivity contribution is 7.89. The first-order valence-corrected chi connectivity index (χ1v) is 10.6. The van der Waals surface area contributed by atoms with Crippen molar-refractivity contribution in [1.29, 1.82) is 0 Å². The van der Waals surface area contributed by atoms with Crippen LogP contribution in [0, 0.1) is 10.1 Å². The van der Waals surface area contributed by atoms with Gasteiger partial charge in [0.2, 0.25) is 10.0 Å². The summed E-state index contributed by atoms with van der Waals surface area (Å²) in [7, 11) is 0.0967. The van der Waals surface area contributed by atoms with Gasteiger partial charge in [0.05, 0.1) is 23.0 Å². The lowest BCUT2D eigenvalue weighted by molar-refractivity contribution is -0.384. The molecule has 2 aromatic carbocycles. The van der Waals surface area contributed by atoms with Crippen LogP contribution in [-0.4, -0.2) is 58.0 Å². The number of nitro groups is 1. The molecule has 0 aliphatic carbocycles. The molecule has 0 atom stereocenters. The Morgan fingerprint density at radius 3 is 2.38 bits per heavy atom. The quantitative estimate of drug-likeness (QED) is 0.541. The van der Waals surface area contributed by atoms with Gasteiger partial charge >= 0.3 is 0 Å². The summed E-state index contributed by atoms with van der Waals surface area (Å²) in [5.74, 6) is 0. The smallest absolute Gasteiger partial charge is 0.293 e. The SMILES string of the molecule is CN(C)c1ccc(CNc2ccc(S(=O)(=O)N3CCOCC3)cc2[N+](=O)[O-])cc1. The van der Waals surface area contributed by atoms with Gasteiger partial charge in [-0.2, -0.15) is 4.31 Å². The molecule has 0 saturated carbocycles. The van der Waals surface area contributed by atoms with Crippen LogP contribution in [0.4, 0.5) is 17.1 Å². The molecule has 0 radical (unpaired) electrons. The van der Waals surface area contributed by atoms with Crippen molar-refractivity contribution in [2.24, 2.45) is 0 Å². The first-order valence-electron chi connectivity index (χ1n) is 9.15. The largest absolute Gasteiger partial charge is 0.379 e. The Morgan fingerprint density at radius 2 is 1.79 bits per heavy atom. The van der Waals surface area contributed by atoms with Crippen LogP contribution >= 0.6 is 0 Å². The first-order chi connectivity index (χ1) is 13.8. The van der Waals surface area contributed by atoms with Crippen LogP contribution in [-0.2, 0) is 21.3 Å². The maximum Gasteiger partial charge on any atom is 0.293 e. The summed E-state index contributed by atoms with van der Waals surface area (Å²) >= 11 is 0. The molecule has 0 aromatic heterocycles. The van der Waals surface area contributed by atoms with E-state index in [1.54, 1.807) is 0 Å². The zero-order valence-corrected chi connectivity index (χ0v) is 17.2. The number of hydrogen-bond donors (Lipinski definition) is 1. The molecule has 1 N–H and O–H groups in total. The molecule has 10 heteroatoms. The van der Waals surface area contributed by atoms with Gasteiger partial charge in [0.15, 0.2) is 0 Å². The van der Waals surface area contributed by atoms with E-state index in [0.29, 0.717) is 19.8 Å². The van der Waals surface area contributed by atoms with E-state index in [1.807, 2.05) is 43.3 Å². The van der Waals surface area contributed by atoms with Crippen molar-refractivity contribution in [3.05, 3.63) is 58.1 Å². The van der Waals surface area contributed by atoms with E-state index < -0.39 is 14.9 Å². The van der Waals surface area contributed by atoms with Gasteiger partial charge in [0, 0.05) is 45.5 Å². The summed E-state index contributed by atoms with van der Waals surface area (Å²) in [6.45, 7) is 1.48. The molecule has 0 unspecified atom stereocenters. The van der Waals surface area contributed by atoms with Crippen molar-refractivity contribution in [3.8, 4) is 0 Å². The van der Waals surface area contributed by atoms with Crippen molar-refractivity contribution in [3.63, 3.8) is 0 Å². The topological polar surface area (TPSA) is 105 Å². The fourth-order valence-corrected chi connectivity index (χ4v) is 4.45. The molecule has 9 nitrogen and oxygen atoms in total. The highest BCUT2D eigenvalue weighted by atomic mass is 32.2. The van der Waals surface area contributed by atoms with E-state index in [9.17, 15) is 18.5 Å². The summed E-state index contributed by atoms with van der Waals surface area (Å²) in [6, 6.07) is 11.8. The Morgan fingerprint density at radius 1 is 1.14 bits per heavy atom. The van der Waals surface area contributed by atoms with Gasteiger partial charge in [0.25, 0.3) is 5.69 Å². The van der Waals surface area contributed by atoms with Gasteiger partial charge < -0.3 is 15.0 Å². The second-order valence-corrected chi connectivity index (χ2v) is 8.80.